The lowest BCUT2D eigenvalue weighted by molar-refractivity contribution is 0.177. The van der Waals surface area contributed by atoms with E-state index in [1.165, 1.54) is 29.2 Å². The van der Waals surface area contributed by atoms with Gasteiger partial charge in [-0.15, -0.1) is 0 Å². The molecule has 1 aliphatic heterocycles. The summed E-state index contributed by atoms with van der Waals surface area (Å²) < 4.78 is 0. The highest BCUT2D eigenvalue weighted by atomic mass is 14.6. The fourth-order valence-electron chi connectivity index (χ4n) is 3.79. The molecule has 1 fully saturated rings. The first-order valence-corrected chi connectivity index (χ1v) is 8.35. The van der Waals surface area contributed by atoms with E-state index >= 15 is 0 Å². The predicted molar refractivity (Wildman–Crippen MR) is 96.0 cm³/mol. The lowest BCUT2D eigenvalue weighted by atomic mass is 9.42. The van der Waals surface area contributed by atoms with Crippen molar-refractivity contribution in [3.8, 4) is 0 Å². The number of hydrogen-bond acceptors (Lipinski definition) is 1. The van der Waals surface area contributed by atoms with Crippen LogP contribution in [0.1, 0.15) is 38.8 Å². The van der Waals surface area contributed by atoms with E-state index in [0.717, 1.165) is 6.42 Å². The van der Waals surface area contributed by atoms with Crippen LogP contribution in [0, 0.1) is 10.8 Å². The number of pyridine rings is 1. The molecule has 1 nitrogen and oxygen atoms in total. The number of benzene rings is 1. The highest BCUT2D eigenvalue weighted by molar-refractivity contribution is 6.74. The maximum absolute atomic E-state index is 4.22. The van der Waals surface area contributed by atoms with E-state index in [0.29, 0.717) is 17.5 Å². The van der Waals surface area contributed by atoms with E-state index in [9.17, 15) is 0 Å². The van der Waals surface area contributed by atoms with E-state index in [1.807, 2.05) is 18.5 Å². The first-order chi connectivity index (χ1) is 10.4. The molecule has 1 aromatic carbocycles. The molecule has 2 heterocycles. The molecular formula is C20H26BN. The molecule has 2 heteroatoms. The summed E-state index contributed by atoms with van der Waals surface area (Å²) in [6, 6.07) is 13.4. The zero-order chi connectivity index (χ0) is 15.8. The third-order valence-electron chi connectivity index (χ3n) is 5.90. The molecule has 0 bridgehead atoms. The van der Waals surface area contributed by atoms with Gasteiger partial charge in [0.05, 0.1) is 0 Å². The molecule has 0 amide bonds. The van der Waals surface area contributed by atoms with Gasteiger partial charge in [-0.1, -0.05) is 76.1 Å². The first-order valence-electron chi connectivity index (χ1n) is 8.35. The molecule has 0 N–H and O–H groups in total. The van der Waals surface area contributed by atoms with E-state index < -0.39 is 0 Å². The second-order valence-corrected chi connectivity index (χ2v) is 8.16. The van der Waals surface area contributed by atoms with E-state index in [1.54, 1.807) is 0 Å². The van der Waals surface area contributed by atoms with Gasteiger partial charge in [0.2, 0.25) is 0 Å². The number of nitrogens with zero attached hydrogens (tertiary/aromatic N) is 1. The summed E-state index contributed by atoms with van der Waals surface area (Å²) in [6.07, 6.45) is 7.35. The summed E-state index contributed by atoms with van der Waals surface area (Å²) in [7, 11) is 0. The van der Waals surface area contributed by atoms with Crippen LogP contribution in [0.3, 0.4) is 0 Å². The van der Waals surface area contributed by atoms with Gasteiger partial charge >= 0.3 is 0 Å². The largest absolute Gasteiger partial charge is 0.264 e. The van der Waals surface area contributed by atoms with Gasteiger partial charge in [0.25, 0.3) is 0 Å². The topological polar surface area (TPSA) is 12.9 Å². The van der Waals surface area contributed by atoms with Crippen LogP contribution in [0.4, 0.5) is 0 Å². The Labute approximate surface area is 135 Å². The van der Waals surface area contributed by atoms with Gasteiger partial charge in [-0.3, -0.25) is 4.98 Å². The summed E-state index contributed by atoms with van der Waals surface area (Å²) in [5, 5.41) is 0. The van der Waals surface area contributed by atoms with Crippen molar-refractivity contribution >= 4 is 12.2 Å². The molecule has 0 radical (unpaired) electrons. The molecule has 1 aromatic heterocycles. The lowest BCUT2D eigenvalue weighted by Crippen LogP contribution is -2.28. The van der Waals surface area contributed by atoms with Crippen molar-refractivity contribution in [2.45, 2.75) is 46.8 Å². The van der Waals surface area contributed by atoms with Crippen molar-refractivity contribution < 1.29 is 0 Å². The number of aromatic nitrogens is 1. The summed E-state index contributed by atoms with van der Waals surface area (Å²) in [5.74, 6) is 0. The van der Waals surface area contributed by atoms with Gasteiger partial charge in [0.15, 0.2) is 6.71 Å². The minimum atomic E-state index is 0.414. The Balaban J connectivity index is 1.81. The van der Waals surface area contributed by atoms with Crippen LogP contribution >= 0.6 is 0 Å². The summed E-state index contributed by atoms with van der Waals surface area (Å²) in [5.41, 5.74) is 5.02. The predicted octanol–water partition coefficient (Wildman–Crippen LogP) is 4.44. The van der Waals surface area contributed by atoms with Gasteiger partial charge < -0.3 is 0 Å². The van der Waals surface area contributed by atoms with Crippen LogP contribution in [0.25, 0.3) is 0 Å². The Morgan fingerprint density at radius 2 is 1.64 bits per heavy atom. The Morgan fingerprint density at radius 1 is 0.955 bits per heavy atom. The highest BCUT2D eigenvalue weighted by Crippen LogP contribution is 2.52. The van der Waals surface area contributed by atoms with Crippen LogP contribution in [-0.4, -0.2) is 11.7 Å². The van der Waals surface area contributed by atoms with Crippen LogP contribution in [0.15, 0.2) is 48.8 Å². The molecule has 1 saturated heterocycles. The molecule has 0 unspecified atom stereocenters. The summed E-state index contributed by atoms with van der Waals surface area (Å²) in [4.78, 5) is 4.22. The van der Waals surface area contributed by atoms with Crippen molar-refractivity contribution in [2.24, 2.45) is 10.8 Å². The van der Waals surface area contributed by atoms with Crippen LogP contribution in [-0.2, 0) is 6.42 Å². The number of rotatable bonds is 3. The molecule has 0 aliphatic carbocycles. The lowest BCUT2D eigenvalue weighted by Gasteiger charge is -2.35. The fraction of sp³-hybridized carbons (Fsp3) is 0.450. The Morgan fingerprint density at radius 3 is 2.27 bits per heavy atom. The monoisotopic (exact) mass is 291 g/mol. The molecule has 1 aliphatic rings. The van der Waals surface area contributed by atoms with Crippen molar-refractivity contribution in [2.75, 3.05) is 0 Å². The normalized spacial score (nSPS) is 19.4. The molecule has 3 rings (SSSR count). The molecule has 0 atom stereocenters. The van der Waals surface area contributed by atoms with Crippen molar-refractivity contribution in [1.82, 2.24) is 4.98 Å². The van der Waals surface area contributed by atoms with Gasteiger partial charge in [0, 0.05) is 12.4 Å². The van der Waals surface area contributed by atoms with Crippen molar-refractivity contribution in [1.29, 1.82) is 0 Å². The number of hydrogen-bond donors (Lipinski definition) is 0. The average Bonchev–Trinajstić information content (AvgIpc) is 2.69. The third-order valence-corrected chi connectivity index (χ3v) is 5.90. The van der Waals surface area contributed by atoms with Crippen LogP contribution < -0.4 is 5.46 Å². The highest BCUT2D eigenvalue weighted by Gasteiger charge is 2.47. The van der Waals surface area contributed by atoms with Crippen LogP contribution in [0.2, 0.25) is 12.6 Å². The summed E-state index contributed by atoms with van der Waals surface area (Å²) in [6.45, 7) is 10.4. The van der Waals surface area contributed by atoms with E-state index in [2.05, 4.69) is 63.0 Å². The first kappa shape index (κ1) is 15.3. The minimum absolute atomic E-state index is 0.414. The second kappa shape index (κ2) is 5.57. The van der Waals surface area contributed by atoms with Gasteiger partial charge in [-0.05, 0) is 34.4 Å². The zero-order valence-electron chi connectivity index (χ0n) is 14.3. The van der Waals surface area contributed by atoms with Crippen molar-refractivity contribution in [3.63, 3.8) is 0 Å². The standard InChI is InChI=1S/C20H26BN/c1-19(2)14-21(15-20(19,3)4)18-9-5-7-16(12-18)11-17-8-6-10-22-13-17/h5-10,12-13H,11,14-15H2,1-4H3. The zero-order valence-corrected chi connectivity index (χ0v) is 14.3. The fourth-order valence-corrected chi connectivity index (χ4v) is 3.79. The quantitative estimate of drug-likeness (QED) is 0.762. The molecule has 2 aromatic rings. The Bertz CT molecular complexity index is 630. The Kier molecular flexibility index (Phi) is 3.88. The van der Waals surface area contributed by atoms with Gasteiger partial charge in [-0.2, -0.15) is 0 Å². The van der Waals surface area contributed by atoms with Gasteiger partial charge in [0.1, 0.15) is 0 Å². The second-order valence-electron chi connectivity index (χ2n) is 8.16. The Hall–Kier alpha value is -1.57. The van der Waals surface area contributed by atoms with E-state index in [-0.39, 0.29) is 0 Å². The smallest absolute Gasteiger partial charge is 0.176 e. The van der Waals surface area contributed by atoms with Gasteiger partial charge in [-0.25, -0.2) is 0 Å². The van der Waals surface area contributed by atoms with Crippen molar-refractivity contribution in [3.05, 3.63) is 59.9 Å². The molecular weight excluding hydrogens is 265 g/mol. The SMILES string of the molecule is CC1(C)CB(c2cccc(Cc3cccnc3)c2)CC1(C)C. The minimum Gasteiger partial charge on any atom is -0.264 e. The molecule has 0 saturated carbocycles. The molecule has 0 spiro atoms. The third kappa shape index (κ3) is 2.97. The maximum Gasteiger partial charge on any atom is 0.176 e. The summed E-state index contributed by atoms with van der Waals surface area (Å²) >= 11 is 0. The van der Waals surface area contributed by atoms with Crippen LogP contribution in [0.5, 0.6) is 0 Å². The molecule has 114 valence electrons. The average molecular weight is 291 g/mol. The van der Waals surface area contributed by atoms with E-state index in [4.69, 9.17) is 0 Å². The molecule has 22 heavy (non-hydrogen) atoms. The maximum atomic E-state index is 4.22.